The van der Waals surface area contributed by atoms with Crippen molar-refractivity contribution in [1.29, 1.82) is 0 Å². The maximum Gasteiger partial charge on any atom is 0.138 e. The molecule has 0 fully saturated rings. The van der Waals surface area contributed by atoms with Gasteiger partial charge in [-0.1, -0.05) is 6.07 Å². The zero-order chi connectivity index (χ0) is 11.5. The monoisotopic (exact) mass is 236 g/mol. The summed E-state index contributed by atoms with van der Waals surface area (Å²) in [5.74, 6) is 0.955. The first-order chi connectivity index (χ1) is 7.68. The van der Waals surface area contributed by atoms with Gasteiger partial charge >= 0.3 is 0 Å². The van der Waals surface area contributed by atoms with Crippen molar-refractivity contribution in [1.82, 2.24) is 14.8 Å². The van der Waals surface area contributed by atoms with Crippen LogP contribution in [0.5, 0.6) is 0 Å². The molecule has 2 N–H and O–H groups in total. The van der Waals surface area contributed by atoms with Crippen molar-refractivity contribution in [2.24, 2.45) is 5.73 Å². The molecule has 86 valence electrons. The zero-order valence-corrected chi connectivity index (χ0v) is 10.3. The molecule has 0 bridgehead atoms. The molecule has 0 saturated carbocycles. The molecule has 1 unspecified atom stereocenters. The summed E-state index contributed by atoms with van der Waals surface area (Å²) in [6.07, 6.45) is 2.33. The normalized spacial score (nSPS) is 13.2. The predicted octanol–water partition coefficient (Wildman–Crippen LogP) is 2.16. The fraction of sp³-hybridized carbons (Fsp3) is 0.455. The topological polar surface area (TPSA) is 56.7 Å². The molecule has 0 aliphatic rings. The lowest BCUT2D eigenvalue weighted by molar-refractivity contribution is 0.494. The third-order valence-electron chi connectivity index (χ3n) is 2.45. The van der Waals surface area contributed by atoms with Crippen LogP contribution in [0.25, 0.3) is 0 Å². The highest BCUT2D eigenvalue weighted by molar-refractivity contribution is 7.10. The summed E-state index contributed by atoms with van der Waals surface area (Å²) < 4.78 is 1.92. The Hall–Kier alpha value is -1.20. The minimum atomic E-state index is 0.0155. The average molecular weight is 236 g/mol. The van der Waals surface area contributed by atoms with Crippen molar-refractivity contribution in [2.75, 3.05) is 0 Å². The van der Waals surface area contributed by atoms with E-state index < -0.39 is 0 Å². The number of nitrogens with two attached hydrogens (primary N) is 1. The fourth-order valence-electron chi connectivity index (χ4n) is 1.65. The summed E-state index contributed by atoms with van der Waals surface area (Å²) in [6, 6.07) is 4.42. The summed E-state index contributed by atoms with van der Waals surface area (Å²) >= 11 is 1.68. The van der Waals surface area contributed by atoms with E-state index in [1.54, 1.807) is 17.7 Å². The first-order valence-electron chi connectivity index (χ1n) is 5.36. The molecular formula is C11H16N4S. The molecule has 0 radical (unpaired) electrons. The van der Waals surface area contributed by atoms with Gasteiger partial charge < -0.3 is 5.73 Å². The van der Waals surface area contributed by atoms with Crippen molar-refractivity contribution in [3.63, 3.8) is 0 Å². The Kier molecular flexibility index (Phi) is 3.36. The molecule has 0 aliphatic carbocycles. The molecule has 2 aromatic rings. The molecular weight excluding hydrogens is 220 g/mol. The summed E-state index contributed by atoms with van der Waals surface area (Å²) in [7, 11) is 0. The molecule has 5 heteroatoms. The Labute approximate surface area is 99.1 Å². The largest absolute Gasteiger partial charge is 0.323 e. The van der Waals surface area contributed by atoms with Gasteiger partial charge in [0.1, 0.15) is 12.2 Å². The Balaban J connectivity index is 2.12. The minimum Gasteiger partial charge on any atom is -0.323 e. The van der Waals surface area contributed by atoms with E-state index in [0.29, 0.717) is 6.04 Å². The lowest BCUT2D eigenvalue weighted by Gasteiger charge is -2.12. The number of hydrogen-bond acceptors (Lipinski definition) is 4. The van der Waals surface area contributed by atoms with Crippen molar-refractivity contribution in [3.05, 3.63) is 34.5 Å². The van der Waals surface area contributed by atoms with Gasteiger partial charge in [-0.15, -0.1) is 11.3 Å². The van der Waals surface area contributed by atoms with E-state index in [2.05, 4.69) is 30.0 Å². The molecule has 0 amide bonds. The van der Waals surface area contributed by atoms with Crippen LogP contribution in [0.4, 0.5) is 0 Å². The Morgan fingerprint density at radius 2 is 2.31 bits per heavy atom. The summed E-state index contributed by atoms with van der Waals surface area (Å²) in [5.41, 5.74) is 6.13. The van der Waals surface area contributed by atoms with E-state index in [-0.39, 0.29) is 6.04 Å². The number of rotatable bonds is 4. The molecule has 4 nitrogen and oxygen atoms in total. The molecule has 0 spiro atoms. The summed E-state index contributed by atoms with van der Waals surface area (Å²) in [4.78, 5) is 5.46. The number of nitrogens with zero attached hydrogens (tertiary/aromatic N) is 3. The molecule has 2 aromatic heterocycles. The van der Waals surface area contributed by atoms with E-state index in [9.17, 15) is 0 Å². The van der Waals surface area contributed by atoms with Gasteiger partial charge in [0, 0.05) is 23.4 Å². The predicted molar refractivity (Wildman–Crippen MR) is 65.4 cm³/mol. The van der Waals surface area contributed by atoms with Crippen LogP contribution in [0.1, 0.15) is 36.6 Å². The fourth-order valence-corrected chi connectivity index (χ4v) is 2.38. The van der Waals surface area contributed by atoms with Crippen LogP contribution in [0, 0.1) is 0 Å². The van der Waals surface area contributed by atoms with Gasteiger partial charge in [0.15, 0.2) is 0 Å². The second-order valence-corrected chi connectivity index (χ2v) is 5.02. The Morgan fingerprint density at radius 1 is 1.50 bits per heavy atom. The quantitative estimate of drug-likeness (QED) is 0.885. The third-order valence-corrected chi connectivity index (χ3v) is 3.45. The molecule has 16 heavy (non-hydrogen) atoms. The van der Waals surface area contributed by atoms with Gasteiger partial charge in [-0.3, -0.25) is 0 Å². The summed E-state index contributed by atoms with van der Waals surface area (Å²) in [6.45, 7) is 4.18. The van der Waals surface area contributed by atoms with Gasteiger partial charge in [0.25, 0.3) is 0 Å². The number of aromatic nitrogens is 3. The maximum atomic E-state index is 6.13. The number of hydrogen-bond donors (Lipinski definition) is 1. The highest BCUT2D eigenvalue weighted by Crippen LogP contribution is 2.20. The van der Waals surface area contributed by atoms with Crippen LogP contribution < -0.4 is 5.73 Å². The molecule has 0 aliphatic heterocycles. The lowest BCUT2D eigenvalue weighted by Crippen LogP contribution is -2.17. The first-order valence-corrected chi connectivity index (χ1v) is 6.24. The second kappa shape index (κ2) is 4.76. The highest BCUT2D eigenvalue weighted by atomic mass is 32.1. The van der Waals surface area contributed by atoms with E-state index in [0.717, 1.165) is 12.2 Å². The van der Waals surface area contributed by atoms with E-state index >= 15 is 0 Å². The summed E-state index contributed by atoms with van der Waals surface area (Å²) in [5, 5.41) is 6.25. The second-order valence-electron chi connectivity index (χ2n) is 4.04. The SMILES string of the molecule is CC(C)n1ncnc1CC(N)c1cccs1. The van der Waals surface area contributed by atoms with Gasteiger partial charge in [-0.05, 0) is 25.3 Å². The van der Waals surface area contributed by atoms with Crippen LogP contribution in [0.2, 0.25) is 0 Å². The standard InChI is InChI=1S/C11H16N4S/c1-8(2)15-11(13-7-14-15)6-9(12)10-4-3-5-16-10/h3-5,7-9H,6,12H2,1-2H3. The van der Waals surface area contributed by atoms with E-state index in [1.165, 1.54) is 4.88 Å². The highest BCUT2D eigenvalue weighted by Gasteiger charge is 2.13. The molecule has 0 saturated heterocycles. The van der Waals surface area contributed by atoms with Crippen molar-refractivity contribution >= 4 is 11.3 Å². The van der Waals surface area contributed by atoms with E-state index in [1.807, 2.05) is 16.1 Å². The van der Waals surface area contributed by atoms with Crippen LogP contribution in [0.15, 0.2) is 23.8 Å². The molecule has 1 atom stereocenters. The van der Waals surface area contributed by atoms with Gasteiger partial charge in [-0.25, -0.2) is 9.67 Å². The lowest BCUT2D eigenvalue weighted by atomic mass is 10.2. The molecule has 0 aromatic carbocycles. The zero-order valence-electron chi connectivity index (χ0n) is 9.50. The third kappa shape index (κ3) is 2.31. The minimum absolute atomic E-state index is 0.0155. The van der Waals surface area contributed by atoms with E-state index in [4.69, 9.17) is 5.73 Å². The first kappa shape index (κ1) is 11.3. The van der Waals surface area contributed by atoms with Crippen molar-refractivity contribution in [2.45, 2.75) is 32.4 Å². The van der Waals surface area contributed by atoms with Crippen LogP contribution >= 0.6 is 11.3 Å². The van der Waals surface area contributed by atoms with Crippen molar-refractivity contribution in [3.8, 4) is 0 Å². The molecule has 2 heterocycles. The van der Waals surface area contributed by atoms with Gasteiger partial charge in [0.2, 0.25) is 0 Å². The van der Waals surface area contributed by atoms with Crippen LogP contribution in [0.3, 0.4) is 0 Å². The Bertz CT molecular complexity index is 433. The number of thiophene rings is 1. The average Bonchev–Trinajstić information content (AvgIpc) is 2.86. The maximum absolute atomic E-state index is 6.13. The Morgan fingerprint density at radius 3 is 2.94 bits per heavy atom. The van der Waals surface area contributed by atoms with Crippen LogP contribution in [-0.4, -0.2) is 14.8 Å². The van der Waals surface area contributed by atoms with Crippen LogP contribution in [-0.2, 0) is 6.42 Å². The van der Waals surface area contributed by atoms with Gasteiger partial charge in [0.05, 0.1) is 0 Å². The molecule has 2 rings (SSSR count). The van der Waals surface area contributed by atoms with Gasteiger partial charge in [-0.2, -0.15) is 5.10 Å². The smallest absolute Gasteiger partial charge is 0.138 e. The van der Waals surface area contributed by atoms with Crippen molar-refractivity contribution < 1.29 is 0 Å².